The molecule has 1 fully saturated rings. The van der Waals surface area contributed by atoms with Gasteiger partial charge in [-0.3, -0.25) is 9.47 Å². The molecule has 2 atom stereocenters. The summed E-state index contributed by atoms with van der Waals surface area (Å²) in [6.45, 7) is 17.5. The van der Waals surface area contributed by atoms with Crippen molar-refractivity contribution in [3.63, 3.8) is 0 Å². The molecule has 1 amide bonds. The molecule has 0 spiro atoms. The first-order valence-corrected chi connectivity index (χ1v) is 14.2. The molecule has 2 aromatic rings. The lowest BCUT2D eigenvalue weighted by Gasteiger charge is -2.20. The smallest absolute Gasteiger partial charge is 0.417 e. The van der Waals surface area contributed by atoms with Crippen LogP contribution in [0.4, 0.5) is 14.9 Å². The number of halogens is 1. The van der Waals surface area contributed by atoms with E-state index in [9.17, 15) is 9.90 Å². The van der Waals surface area contributed by atoms with Gasteiger partial charge in [0, 0.05) is 11.6 Å². The molecule has 1 aliphatic heterocycles. The Hall–Kier alpha value is -2.27. The number of cyclic esters (lactones) is 1. The zero-order chi connectivity index (χ0) is 26.0. The Bertz CT molecular complexity index is 991. The summed E-state index contributed by atoms with van der Waals surface area (Å²) in [5.74, 6) is 0.122. The molecular formula is C24H38FN3O5Si. The highest BCUT2D eigenvalue weighted by Crippen LogP contribution is 2.30. The number of ether oxygens (including phenoxy) is 1. The van der Waals surface area contributed by atoms with Gasteiger partial charge in [-0.25, -0.2) is 14.2 Å². The van der Waals surface area contributed by atoms with Crippen LogP contribution in [0.25, 0.3) is 5.69 Å². The van der Waals surface area contributed by atoms with Gasteiger partial charge >= 0.3 is 6.09 Å². The molecule has 1 saturated heterocycles. The predicted molar refractivity (Wildman–Crippen MR) is 132 cm³/mol. The largest absolute Gasteiger partial charge is 0.417 e. The number of aliphatic hydroxyl groups is 2. The van der Waals surface area contributed by atoms with Gasteiger partial charge in [-0.05, 0) is 59.0 Å². The number of anilines is 1. The van der Waals surface area contributed by atoms with Crippen LogP contribution in [0, 0.1) is 5.82 Å². The van der Waals surface area contributed by atoms with Gasteiger partial charge in [0.05, 0.1) is 35.3 Å². The van der Waals surface area contributed by atoms with E-state index < -0.39 is 38.9 Å². The molecule has 0 aliphatic carbocycles. The van der Waals surface area contributed by atoms with Crippen LogP contribution in [-0.4, -0.2) is 52.8 Å². The monoisotopic (exact) mass is 495 g/mol. The number of nitrogens with zero attached hydrogens (tertiary/aromatic N) is 3. The van der Waals surface area contributed by atoms with Crippen LogP contribution in [0.15, 0.2) is 24.4 Å². The van der Waals surface area contributed by atoms with Crippen molar-refractivity contribution in [1.29, 1.82) is 0 Å². The van der Waals surface area contributed by atoms with E-state index in [4.69, 9.17) is 14.3 Å². The van der Waals surface area contributed by atoms with Crippen LogP contribution in [-0.2, 0) is 21.2 Å². The van der Waals surface area contributed by atoms with Crippen LogP contribution in [0.5, 0.6) is 0 Å². The maximum atomic E-state index is 15.1. The fraction of sp³-hybridized carbons (Fsp3) is 0.583. The van der Waals surface area contributed by atoms with Gasteiger partial charge in [-0.15, -0.1) is 0 Å². The summed E-state index contributed by atoms with van der Waals surface area (Å²) in [5.41, 5.74) is 0.784. The number of imidazole rings is 1. The molecule has 0 saturated carbocycles. The minimum absolute atomic E-state index is 0.198. The zero-order valence-corrected chi connectivity index (χ0v) is 22.7. The van der Waals surface area contributed by atoms with Crippen molar-refractivity contribution in [2.75, 3.05) is 4.90 Å². The van der Waals surface area contributed by atoms with Crippen molar-refractivity contribution < 1.29 is 28.6 Å². The highest BCUT2D eigenvalue weighted by atomic mass is 28.3. The van der Waals surface area contributed by atoms with Gasteiger partial charge < -0.3 is 19.4 Å². The highest BCUT2D eigenvalue weighted by molar-refractivity contribution is 6.48. The molecule has 2 N–H and O–H groups in total. The van der Waals surface area contributed by atoms with Crippen LogP contribution in [0.1, 0.15) is 60.0 Å². The maximum absolute atomic E-state index is 15.1. The predicted octanol–water partition coefficient (Wildman–Crippen LogP) is 4.25. The van der Waals surface area contributed by atoms with Crippen LogP contribution in [0.2, 0.25) is 13.1 Å². The molecule has 0 bridgehead atoms. The third-order valence-corrected chi connectivity index (χ3v) is 5.63. The maximum Gasteiger partial charge on any atom is 0.417 e. The van der Waals surface area contributed by atoms with Crippen molar-refractivity contribution in [2.24, 2.45) is 0 Å². The second kappa shape index (κ2) is 10.6. The van der Waals surface area contributed by atoms with Crippen molar-refractivity contribution in [1.82, 2.24) is 9.55 Å². The molecule has 2 heterocycles. The summed E-state index contributed by atoms with van der Waals surface area (Å²) in [4.78, 5) is 17.9. The quantitative estimate of drug-likeness (QED) is 0.602. The first-order chi connectivity index (χ1) is 15.5. The van der Waals surface area contributed by atoms with E-state index >= 15 is 4.39 Å². The summed E-state index contributed by atoms with van der Waals surface area (Å²) in [5, 5.41) is 18.2. The van der Waals surface area contributed by atoms with E-state index in [2.05, 4.69) is 18.1 Å². The van der Waals surface area contributed by atoms with Gasteiger partial charge in [-0.1, -0.05) is 20.8 Å². The Balaban J connectivity index is 0.000000739. The normalized spacial score (nSPS) is 18.7. The van der Waals surface area contributed by atoms with Gasteiger partial charge in [0.1, 0.15) is 11.6 Å². The molecule has 3 rings (SSSR count). The molecule has 1 aromatic carbocycles. The second-order valence-electron chi connectivity index (χ2n) is 10.7. The fourth-order valence-electron chi connectivity index (χ4n) is 3.07. The van der Waals surface area contributed by atoms with E-state index in [0.29, 0.717) is 23.8 Å². The second-order valence-corrected chi connectivity index (χ2v) is 13.1. The van der Waals surface area contributed by atoms with Gasteiger partial charge in [0.15, 0.2) is 9.04 Å². The third-order valence-electron chi connectivity index (χ3n) is 4.80. The number of carbonyl (C=O) groups excluding carboxylic acids is 1. The van der Waals surface area contributed by atoms with E-state index in [1.165, 1.54) is 11.0 Å². The van der Waals surface area contributed by atoms with Gasteiger partial charge in [-0.2, -0.15) is 0 Å². The van der Waals surface area contributed by atoms with Crippen molar-refractivity contribution in [3.8, 4) is 5.69 Å². The number of aliphatic hydroxyl groups excluding tert-OH is 1. The minimum Gasteiger partial charge on any atom is -0.417 e. The summed E-state index contributed by atoms with van der Waals surface area (Å²) < 4.78 is 27.4. The first kappa shape index (κ1) is 28.0. The van der Waals surface area contributed by atoms with E-state index in [1.807, 2.05) is 27.0 Å². The minimum atomic E-state index is -1.27. The molecule has 1 aliphatic rings. The summed E-state index contributed by atoms with van der Waals surface area (Å²) in [6, 6.07) is 3.89. The van der Waals surface area contributed by atoms with Crippen LogP contribution < -0.4 is 4.90 Å². The Labute approximate surface area is 203 Å². The van der Waals surface area contributed by atoms with E-state index in [1.54, 1.807) is 44.4 Å². The Morgan fingerprint density at radius 3 is 2.24 bits per heavy atom. The third kappa shape index (κ3) is 7.36. The first-order valence-electron chi connectivity index (χ1n) is 11.4. The topological polar surface area (TPSA) is 97.0 Å². The Morgan fingerprint density at radius 1 is 1.21 bits per heavy atom. The molecule has 34 heavy (non-hydrogen) atoms. The van der Waals surface area contributed by atoms with Crippen molar-refractivity contribution in [2.45, 2.75) is 91.5 Å². The summed E-state index contributed by atoms with van der Waals surface area (Å²) >= 11 is 0. The number of rotatable bonds is 5. The molecular weight excluding hydrogens is 457 g/mol. The zero-order valence-electron chi connectivity index (χ0n) is 21.6. The Kier molecular flexibility index (Phi) is 8.68. The SMILES string of the molecule is CC(C)(C)O.CC1[C@H](O)OC(=O)N1c1ccc(-n2cc(C(C)(C)C)nc2CO[SiH](C)C)c(F)c1. The number of hydrogen-bond acceptors (Lipinski definition) is 6. The average Bonchev–Trinajstić information content (AvgIpc) is 3.19. The van der Waals surface area contributed by atoms with Gasteiger partial charge in [0.25, 0.3) is 0 Å². The molecule has 190 valence electrons. The number of hydrogen-bond donors (Lipinski definition) is 2. The number of carbonyl (C=O) groups is 1. The lowest BCUT2D eigenvalue weighted by molar-refractivity contribution is -0.0312. The summed E-state index contributed by atoms with van der Waals surface area (Å²) in [7, 11) is -1.27. The molecule has 0 radical (unpaired) electrons. The van der Waals surface area contributed by atoms with Crippen molar-refractivity contribution >= 4 is 20.8 Å². The number of amides is 1. The molecule has 1 aromatic heterocycles. The standard InChI is InChI=1S/C20H28FN3O4Si.C4H10O/c1-12-18(25)28-19(26)24(12)13-7-8-15(14(21)9-13)23-10-16(20(2,3)4)22-17(23)11-27-29(5)6;1-4(2,3)5/h7-10,12,18,25,29H,11H2,1-6H3;5H,1-3H3/t12?,18-;/m1./s1. The number of benzene rings is 1. The van der Waals surface area contributed by atoms with E-state index in [-0.39, 0.29) is 5.41 Å². The lowest BCUT2D eigenvalue weighted by atomic mass is 9.93. The molecule has 8 nitrogen and oxygen atoms in total. The number of aromatic nitrogens is 2. The Morgan fingerprint density at radius 2 is 1.79 bits per heavy atom. The van der Waals surface area contributed by atoms with Gasteiger partial charge in [0.2, 0.25) is 6.29 Å². The highest BCUT2D eigenvalue weighted by Gasteiger charge is 2.39. The molecule has 1 unspecified atom stereocenters. The van der Waals surface area contributed by atoms with Crippen LogP contribution in [0.3, 0.4) is 0 Å². The lowest BCUT2D eigenvalue weighted by Crippen LogP contribution is -2.34. The summed E-state index contributed by atoms with van der Waals surface area (Å²) in [6.07, 6.45) is -0.113. The fourth-order valence-corrected chi connectivity index (χ4v) is 3.55. The van der Waals surface area contributed by atoms with Crippen LogP contribution >= 0.6 is 0 Å². The van der Waals surface area contributed by atoms with E-state index in [0.717, 1.165) is 5.69 Å². The van der Waals surface area contributed by atoms with Crippen molar-refractivity contribution in [3.05, 3.63) is 41.7 Å². The molecule has 10 heteroatoms. The average molecular weight is 496 g/mol.